The molecule has 2 rings (SSSR count). The van der Waals surface area contributed by atoms with Gasteiger partial charge in [0.15, 0.2) is 0 Å². The van der Waals surface area contributed by atoms with E-state index in [4.69, 9.17) is 9.47 Å². The number of hydrogen-bond acceptors (Lipinski definition) is 4. The van der Waals surface area contributed by atoms with E-state index in [2.05, 4.69) is 0 Å². The third-order valence-electron chi connectivity index (χ3n) is 3.85. The van der Waals surface area contributed by atoms with Gasteiger partial charge in [-0.2, -0.15) is 0 Å². The van der Waals surface area contributed by atoms with Gasteiger partial charge < -0.3 is 14.4 Å². The van der Waals surface area contributed by atoms with Crippen molar-refractivity contribution in [2.24, 2.45) is 5.92 Å². The van der Waals surface area contributed by atoms with Crippen molar-refractivity contribution in [1.29, 1.82) is 0 Å². The van der Waals surface area contributed by atoms with E-state index in [1.54, 1.807) is 17.0 Å². The zero-order chi connectivity index (χ0) is 16.8. The number of hydrogen-bond donors (Lipinski definition) is 0. The minimum absolute atomic E-state index is 0.0125. The van der Waals surface area contributed by atoms with Gasteiger partial charge in [0, 0.05) is 18.7 Å². The lowest BCUT2D eigenvalue weighted by molar-refractivity contribution is -0.149. The van der Waals surface area contributed by atoms with Gasteiger partial charge in [-0.15, -0.1) is 0 Å². The minimum Gasteiger partial charge on any atom is -0.491 e. The van der Waals surface area contributed by atoms with Crippen LogP contribution >= 0.6 is 0 Å². The van der Waals surface area contributed by atoms with E-state index in [1.165, 1.54) is 0 Å². The summed E-state index contributed by atoms with van der Waals surface area (Å²) in [7, 11) is 0. The number of benzene rings is 1. The number of esters is 1. The Kier molecular flexibility index (Phi) is 6.02. The number of rotatable bonds is 5. The highest BCUT2D eigenvalue weighted by Crippen LogP contribution is 2.22. The lowest BCUT2D eigenvalue weighted by atomic mass is 9.96. The maximum atomic E-state index is 12.6. The molecule has 0 aliphatic carbocycles. The van der Waals surface area contributed by atoms with Crippen molar-refractivity contribution in [2.75, 3.05) is 19.7 Å². The monoisotopic (exact) mass is 319 g/mol. The molecule has 23 heavy (non-hydrogen) atoms. The van der Waals surface area contributed by atoms with Crippen molar-refractivity contribution in [1.82, 2.24) is 4.90 Å². The SMILES string of the molecule is CCOC(=O)C1CCN(C(=O)c2cccc(OC(C)C)c2)CC1. The molecular formula is C18H25NO4. The number of carbonyl (C=O) groups excluding carboxylic acids is 2. The Labute approximate surface area is 137 Å². The summed E-state index contributed by atoms with van der Waals surface area (Å²) in [5.41, 5.74) is 0.623. The van der Waals surface area contributed by atoms with Crippen LogP contribution in [0.3, 0.4) is 0 Å². The Bertz CT molecular complexity index is 548. The van der Waals surface area contributed by atoms with Gasteiger partial charge in [0.2, 0.25) is 0 Å². The van der Waals surface area contributed by atoms with E-state index in [0.29, 0.717) is 43.9 Å². The molecule has 0 N–H and O–H groups in total. The summed E-state index contributed by atoms with van der Waals surface area (Å²) in [5, 5.41) is 0. The molecule has 1 aliphatic heterocycles. The van der Waals surface area contributed by atoms with Crippen LogP contribution < -0.4 is 4.74 Å². The average Bonchev–Trinajstić information content (AvgIpc) is 2.54. The molecule has 5 heteroatoms. The Hall–Kier alpha value is -2.04. The maximum Gasteiger partial charge on any atom is 0.309 e. The van der Waals surface area contributed by atoms with Gasteiger partial charge in [-0.1, -0.05) is 6.07 Å². The largest absolute Gasteiger partial charge is 0.491 e. The van der Waals surface area contributed by atoms with Gasteiger partial charge in [-0.25, -0.2) is 0 Å². The number of piperidine rings is 1. The average molecular weight is 319 g/mol. The van der Waals surface area contributed by atoms with Crippen LogP contribution in [0.2, 0.25) is 0 Å². The fourth-order valence-electron chi connectivity index (χ4n) is 2.74. The first-order valence-electron chi connectivity index (χ1n) is 8.24. The molecule has 1 fully saturated rings. The van der Waals surface area contributed by atoms with Crippen molar-refractivity contribution in [3.8, 4) is 5.75 Å². The molecule has 0 unspecified atom stereocenters. The first kappa shape index (κ1) is 17.3. The van der Waals surface area contributed by atoms with E-state index >= 15 is 0 Å². The topological polar surface area (TPSA) is 55.8 Å². The smallest absolute Gasteiger partial charge is 0.309 e. The molecule has 5 nitrogen and oxygen atoms in total. The lowest BCUT2D eigenvalue weighted by Gasteiger charge is -2.31. The molecule has 1 heterocycles. The summed E-state index contributed by atoms with van der Waals surface area (Å²) in [6.07, 6.45) is 1.39. The number of amides is 1. The van der Waals surface area contributed by atoms with Gasteiger partial charge in [-0.05, 0) is 51.8 Å². The zero-order valence-electron chi connectivity index (χ0n) is 14.1. The molecule has 0 aromatic heterocycles. The second-order valence-corrected chi connectivity index (χ2v) is 6.01. The molecule has 1 aromatic carbocycles. The molecule has 0 saturated carbocycles. The second kappa shape index (κ2) is 7.99. The molecule has 1 aliphatic rings. The minimum atomic E-state index is -0.146. The Morgan fingerprint density at radius 2 is 1.96 bits per heavy atom. The Morgan fingerprint density at radius 1 is 1.26 bits per heavy atom. The first-order valence-corrected chi connectivity index (χ1v) is 8.24. The Balaban J connectivity index is 1.96. The van der Waals surface area contributed by atoms with Crippen molar-refractivity contribution >= 4 is 11.9 Å². The number of nitrogens with zero attached hydrogens (tertiary/aromatic N) is 1. The molecule has 0 atom stereocenters. The molecule has 1 aromatic rings. The molecule has 126 valence electrons. The fraction of sp³-hybridized carbons (Fsp3) is 0.556. The molecule has 1 saturated heterocycles. The molecule has 0 bridgehead atoms. The first-order chi connectivity index (χ1) is 11.0. The zero-order valence-corrected chi connectivity index (χ0v) is 14.1. The summed E-state index contributed by atoms with van der Waals surface area (Å²) in [6.45, 7) is 7.28. The number of ether oxygens (including phenoxy) is 2. The van der Waals surface area contributed by atoms with E-state index in [-0.39, 0.29) is 23.9 Å². The van der Waals surface area contributed by atoms with Crippen LogP contribution in [0.15, 0.2) is 24.3 Å². The molecule has 0 spiro atoms. The van der Waals surface area contributed by atoms with Crippen LogP contribution in [-0.4, -0.2) is 42.6 Å². The molecular weight excluding hydrogens is 294 g/mol. The van der Waals surface area contributed by atoms with Gasteiger partial charge in [-0.3, -0.25) is 9.59 Å². The fourth-order valence-corrected chi connectivity index (χ4v) is 2.74. The summed E-state index contributed by atoms with van der Waals surface area (Å²) >= 11 is 0. The van der Waals surface area contributed by atoms with Gasteiger partial charge in [0.25, 0.3) is 5.91 Å². The summed E-state index contributed by atoms with van der Waals surface area (Å²) < 4.78 is 10.7. The highest BCUT2D eigenvalue weighted by molar-refractivity contribution is 5.94. The van der Waals surface area contributed by atoms with Crippen LogP contribution in [0.5, 0.6) is 5.75 Å². The van der Waals surface area contributed by atoms with Crippen LogP contribution in [0.25, 0.3) is 0 Å². The quantitative estimate of drug-likeness (QED) is 0.783. The standard InChI is InChI=1S/C18H25NO4/c1-4-22-18(21)14-8-10-19(11-9-14)17(20)15-6-5-7-16(12-15)23-13(2)3/h5-7,12-14H,4,8-11H2,1-3H3. The summed E-state index contributed by atoms with van der Waals surface area (Å²) in [5.74, 6) is 0.454. The third kappa shape index (κ3) is 4.71. The number of carbonyl (C=O) groups is 2. The highest BCUT2D eigenvalue weighted by Gasteiger charge is 2.28. The van der Waals surface area contributed by atoms with E-state index in [1.807, 2.05) is 32.9 Å². The van der Waals surface area contributed by atoms with Crippen molar-refractivity contribution < 1.29 is 19.1 Å². The van der Waals surface area contributed by atoms with E-state index < -0.39 is 0 Å². The third-order valence-corrected chi connectivity index (χ3v) is 3.85. The highest BCUT2D eigenvalue weighted by atomic mass is 16.5. The van der Waals surface area contributed by atoms with Crippen molar-refractivity contribution in [2.45, 2.75) is 39.7 Å². The van der Waals surface area contributed by atoms with Crippen molar-refractivity contribution in [3.05, 3.63) is 29.8 Å². The van der Waals surface area contributed by atoms with E-state index in [0.717, 1.165) is 0 Å². The second-order valence-electron chi connectivity index (χ2n) is 6.01. The lowest BCUT2D eigenvalue weighted by Crippen LogP contribution is -2.40. The maximum absolute atomic E-state index is 12.6. The molecule has 1 amide bonds. The Morgan fingerprint density at radius 3 is 2.57 bits per heavy atom. The predicted octanol–water partition coefficient (Wildman–Crippen LogP) is 2.89. The normalized spacial score (nSPS) is 15.6. The van der Waals surface area contributed by atoms with Crippen LogP contribution in [-0.2, 0) is 9.53 Å². The molecule has 0 radical (unpaired) electrons. The number of likely N-dealkylation sites (tertiary alicyclic amines) is 1. The van der Waals surface area contributed by atoms with Gasteiger partial charge >= 0.3 is 5.97 Å². The van der Waals surface area contributed by atoms with Crippen LogP contribution in [0, 0.1) is 5.92 Å². The van der Waals surface area contributed by atoms with Gasteiger partial charge in [0.05, 0.1) is 18.6 Å². The van der Waals surface area contributed by atoms with Gasteiger partial charge in [0.1, 0.15) is 5.75 Å². The van der Waals surface area contributed by atoms with Crippen molar-refractivity contribution in [3.63, 3.8) is 0 Å². The summed E-state index contributed by atoms with van der Waals surface area (Å²) in [6, 6.07) is 7.26. The van der Waals surface area contributed by atoms with E-state index in [9.17, 15) is 9.59 Å². The van der Waals surface area contributed by atoms with Crippen LogP contribution in [0.4, 0.5) is 0 Å². The van der Waals surface area contributed by atoms with Crippen LogP contribution in [0.1, 0.15) is 44.0 Å². The predicted molar refractivity (Wildman–Crippen MR) is 87.5 cm³/mol. The summed E-state index contributed by atoms with van der Waals surface area (Å²) in [4.78, 5) is 26.1.